The molecule has 0 radical (unpaired) electrons. The van der Waals surface area contributed by atoms with Gasteiger partial charge in [-0.15, -0.1) is 0 Å². The number of benzene rings is 2. The summed E-state index contributed by atoms with van der Waals surface area (Å²) in [7, 11) is -3.64. The number of hydrogen-bond acceptors (Lipinski definition) is 3. The number of anilines is 1. The van der Waals surface area contributed by atoms with Crippen molar-refractivity contribution in [1.82, 2.24) is 5.32 Å². The second-order valence-electron chi connectivity index (χ2n) is 7.64. The Labute approximate surface area is 166 Å². The maximum atomic E-state index is 13.2. The van der Waals surface area contributed by atoms with Crippen LogP contribution in [-0.4, -0.2) is 26.9 Å². The number of para-hydroxylation sites is 1. The summed E-state index contributed by atoms with van der Waals surface area (Å²) >= 11 is 0. The van der Waals surface area contributed by atoms with E-state index in [-0.39, 0.29) is 16.8 Å². The van der Waals surface area contributed by atoms with Crippen LogP contribution >= 0.6 is 0 Å². The minimum Gasteiger partial charge on any atom is -0.349 e. The fourth-order valence-corrected chi connectivity index (χ4v) is 5.71. The van der Waals surface area contributed by atoms with Gasteiger partial charge in [0, 0.05) is 18.2 Å². The lowest BCUT2D eigenvalue weighted by molar-refractivity contribution is 0.0927. The van der Waals surface area contributed by atoms with Crippen LogP contribution in [-0.2, 0) is 16.4 Å². The number of aryl methyl sites for hydroxylation is 1. The predicted octanol–water partition coefficient (Wildman–Crippen LogP) is 3.89. The Morgan fingerprint density at radius 3 is 2.39 bits per heavy atom. The van der Waals surface area contributed by atoms with E-state index in [4.69, 9.17) is 0 Å². The largest absolute Gasteiger partial charge is 0.349 e. The lowest BCUT2D eigenvalue weighted by atomic mass is 9.95. The lowest BCUT2D eigenvalue weighted by Crippen LogP contribution is -2.36. The second-order valence-corrected chi connectivity index (χ2v) is 9.50. The lowest BCUT2D eigenvalue weighted by Gasteiger charge is -2.30. The Hall–Kier alpha value is -2.34. The van der Waals surface area contributed by atoms with Gasteiger partial charge in [-0.2, -0.15) is 0 Å². The van der Waals surface area contributed by atoms with Crippen LogP contribution in [0.2, 0.25) is 0 Å². The molecule has 0 bridgehead atoms. The van der Waals surface area contributed by atoms with Crippen LogP contribution in [0.1, 0.15) is 54.4 Å². The van der Waals surface area contributed by atoms with Crippen LogP contribution in [0.15, 0.2) is 53.4 Å². The maximum absolute atomic E-state index is 13.2. The van der Waals surface area contributed by atoms with E-state index < -0.39 is 10.0 Å². The molecule has 0 aromatic heterocycles. The Kier molecular flexibility index (Phi) is 5.40. The smallest absolute Gasteiger partial charge is 0.264 e. The van der Waals surface area contributed by atoms with Crippen molar-refractivity contribution in [3.8, 4) is 0 Å². The first kappa shape index (κ1) is 19.0. The van der Waals surface area contributed by atoms with Gasteiger partial charge in [-0.3, -0.25) is 9.10 Å². The van der Waals surface area contributed by atoms with Crippen molar-refractivity contribution in [3.05, 3.63) is 59.7 Å². The van der Waals surface area contributed by atoms with Crippen LogP contribution in [0.25, 0.3) is 0 Å². The van der Waals surface area contributed by atoms with Crippen molar-refractivity contribution in [1.29, 1.82) is 0 Å². The molecule has 0 saturated heterocycles. The van der Waals surface area contributed by atoms with E-state index in [0.29, 0.717) is 12.1 Å². The molecule has 1 heterocycles. The molecule has 4 rings (SSSR count). The van der Waals surface area contributed by atoms with Gasteiger partial charge < -0.3 is 5.32 Å². The molecule has 2 aliphatic rings. The third-order valence-electron chi connectivity index (χ3n) is 5.71. The van der Waals surface area contributed by atoms with E-state index in [2.05, 4.69) is 5.32 Å². The first-order chi connectivity index (χ1) is 13.6. The summed E-state index contributed by atoms with van der Waals surface area (Å²) < 4.78 is 27.8. The van der Waals surface area contributed by atoms with E-state index in [0.717, 1.165) is 49.8 Å². The molecule has 1 N–H and O–H groups in total. The summed E-state index contributed by atoms with van der Waals surface area (Å²) in [6.45, 7) is 0.475. The average molecular weight is 399 g/mol. The van der Waals surface area contributed by atoms with Gasteiger partial charge in [-0.1, -0.05) is 37.5 Å². The molecule has 1 fully saturated rings. The molecule has 1 saturated carbocycles. The molecule has 0 unspecified atom stereocenters. The number of nitrogens with one attached hydrogen (secondary N) is 1. The Morgan fingerprint density at radius 2 is 1.64 bits per heavy atom. The molecule has 6 heteroatoms. The van der Waals surface area contributed by atoms with Gasteiger partial charge in [-0.25, -0.2) is 8.42 Å². The monoisotopic (exact) mass is 398 g/mol. The van der Waals surface area contributed by atoms with Crippen molar-refractivity contribution in [3.63, 3.8) is 0 Å². The minimum absolute atomic E-state index is 0.126. The summed E-state index contributed by atoms with van der Waals surface area (Å²) in [6, 6.07) is 14.2. The number of sulfonamides is 1. The molecule has 5 nitrogen and oxygen atoms in total. The first-order valence-corrected chi connectivity index (χ1v) is 11.5. The number of amides is 1. The van der Waals surface area contributed by atoms with Crippen LogP contribution in [0.5, 0.6) is 0 Å². The van der Waals surface area contributed by atoms with Crippen molar-refractivity contribution in [2.75, 3.05) is 10.8 Å². The van der Waals surface area contributed by atoms with Gasteiger partial charge in [0.25, 0.3) is 15.9 Å². The summed E-state index contributed by atoms with van der Waals surface area (Å²) in [4.78, 5) is 12.7. The summed E-state index contributed by atoms with van der Waals surface area (Å²) in [5.41, 5.74) is 2.32. The van der Waals surface area contributed by atoms with Gasteiger partial charge in [0.2, 0.25) is 0 Å². The Morgan fingerprint density at radius 1 is 0.929 bits per heavy atom. The van der Waals surface area contributed by atoms with Gasteiger partial charge in [-0.05, 0) is 61.6 Å². The van der Waals surface area contributed by atoms with Crippen LogP contribution in [0, 0.1) is 0 Å². The molecule has 1 aliphatic heterocycles. The zero-order chi connectivity index (χ0) is 19.6. The van der Waals surface area contributed by atoms with Gasteiger partial charge in [0.05, 0.1) is 10.6 Å². The van der Waals surface area contributed by atoms with Crippen molar-refractivity contribution >= 4 is 21.6 Å². The van der Waals surface area contributed by atoms with Gasteiger partial charge in [0.15, 0.2) is 0 Å². The molecule has 0 spiro atoms. The zero-order valence-electron chi connectivity index (χ0n) is 15.9. The zero-order valence-corrected chi connectivity index (χ0v) is 16.7. The fraction of sp³-hybridized carbons (Fsp3) is 0.409. The SMILES string of the molecule is O=C(NC1CCCCC1)c1ccc(S(=O)(=O)N2CCCc3ccccc32)cc1. The first-order valence-electron chi connectivity index (χ1n) is 10.1. The normalized spacial score (nSPS) is 17.8. The van der Waals surface area contributed by atoms with Crippen LogP contribution in [0.4, 0.5) is 5.69 Å². The van der Waals surface area contributed by atoms with Crippen LogP contribution < -0.4 is 9.62 Å². The number of hydrogen-bond donors (Lipinski definition) is 1. The quantitative estimate of drug-likeness (QED) is 0.850. The van der Waals surface area contributed by atoms with E-state index in [1.165, 1.54) is 10.7 Å². The van der Waals surface area contributed by atoms with Crippen molar-refractivity contribution in [2.45, 2.75) is 55.9 Å². The molecular weight excluding hydrogens is 372 g/mol. The van der Waals surface area contributed by atoms with Gasteiger partial charge in [0.1, 0.15) is 0 Å². The number of carbonyl (C=O) groups is 1. The highest BCUT2D eigenvalue weighted by Gasteiger charge is 2.29. The number of nitrogens with zero attached hydrogens (tertiary/aromatic N) is 1. The molecule has 1 amide bonds. The van der Waals surface area contributed by atoms with Crippen molar-refractivity contribution in [2.24, 2.45) is 0 Å². The molecule has 0 atom stereocenters. The van der Waals surface area contributed by atoms with E-state index in [9.17, 15) is 13.2 Å². The summed E-state index contributed by atoms with van der Waals surface area (Å²) in [6.07, 6.45) is 7.27. The standard InChI is InChI=1S/C22H26N2O3S/c25-22(23-19-9-2-1-3-10-19)18-12-14-20(15-13-18)28(26,27)24-16-6-8-17-7-4-5-11-21(17)24/h4-5,7,11-15,19H,1-3,6,8-10,16H2,(H,23,25). The highest BCUT2D eigenvalue weighted by atomic mass is 32.2. The summed E-state index contributed by atoms with van der Waals surface area (Å²) in [5, 5.41) is 3.07. The average Bonchev–Trinajstić information content (AvgIpc) is 2.74. The third-order valence-corrected chi connectivity index (χ3v) is 7.54. The molecule has 1 aliphatic carbocycles. The number of carbonyl (C=O) groups excluding carboxylic acids is 1. The van der Waals surface area contributed by atoms with Crippen molar-refractivity contribution < 1.29 is 13.2 Å². The van der Waals surface area contributed by atoms with Crippen LogP contribution in [0.3, 0.4) is 0 Å². The highest BCUT2D eigenvalue weighted by molar-refractivity contribution is 7.92. The topological polar surface area (TPSA) is 66.5 Å². The van der Waals surface area contributed by atoms with E-state index in [1.54, 1.807) is 24.3 Å². The fourth-order valence-electron chi connectivity index (χ4n) is 4.17. The third kappa shape index (κ3) is 3.78. The number of fused-ring (bicyclic) bond motifs is 1. The summed E-state index contributed by atoms with van der Waals surface area (Å²) in [5.74, 6) is -0.126. The molecule has 28 heavy (non-hydrogen) atoms. The number of rotatable bonds is 4. The Bertz CT molecular complexity index is 948. The molecule has 148 valence electrons. The molecule has 2 aromatic rings. The second kappa shape index (κ2) is 7.95. The minimum atomic E-state index is -3.64. The van der Waals surface area contributed by atoms with E-state index in [1.807, 2.05) is 24.3 Å². The molecular formula is C22H26N2O3S. The maximum Gasteiger partial charge on any atom is 0.264 e. The molecule has 2 aromatic carbocycles. The Balaban J connectivity index is 1.52. The van der Waals surface area contributed by atoms with E-state index >= 15 is 0 Å². The highest BCUT2D eigenvalue weighted by Crippen LogP contribution is 2.31. The van der Waals surface area contributed by atoms with Gasteiger partial charge >= 0.3 is 0 Å². The predicted molar refractivity (Wildman–Crippen MR) is 110 cm³/mol.